The Morgan fingerprint density at radius 1 is 1.69 bits per heavy atom. The van der Waals surface area contributed by atoms with Gasteiger partial charge in [0.25, 0.3) is 0 Å². The van der Waals surface area contributed by atoms with Gasteiger partial charge in [0.05, 0.1) is 6.61 Å². The van der Waals surface area contributed by atoms with Gasteiger partial charge in [-0.25, -0.2) is 0 Å². The van der Waals surface area contributed by atoms with Crippen LogP contribution in [-0.2, 0) is 16.0 Å². The quantitative estimate of drug-likeness (QED) is 0.600. The Kier molecular flexibility index (Phi) is 6.52. The van der Waals surface area contributed by atoms with Gasteiger partial charge in [-0.05, 0) is 30.5 Å². The summed E-state index contributed by atoms with van der Waals surface area (Å²) in [5.74, 6) is 1.32. The number of thiophene rings is 1. The molecule has 0 spiro atoms. The predicted molar refractivity (Wildman–Crippen MR) is 70.0 cm³/mol. The van der Waals surface area contributed by atoms with E-state index in [1.165, 1.54) is 4.88 Å². The highest BCUT2D eigenvalue weighted by Crippen LogP contribution is 2.13. The number of carbonyl (C=O) groups is 1. The Labute approximate surface area is 104 Å². The first-order valence-electron chi connectivity index (χ1n) is 5.26. The molecule has 0 amide bonds. The summed E-state index contributed by atoms with van der Waals surface area (Å²) in [5, 5.41) is 2.07. The van der Waals surface area contributed by atoms with Crippen LogP contribution in [0.5, 0.6) is 0 Å². The fourth-order valence-electron chi connectivity index (χ4n) is 1.16. The molecule has 0 fully saturated rings. The number of nitrogens with two attached hydrogens (primary N) is 1. The number of hydrogen-bond donors (Lipinski definition) is 1. The highest BCUT2D eigenvalue weighted by molar-refractivity contribution is 7.99. The van der Waals surface area contributed by atoms with E-state index in [4.69, 9.17) is 10.5 Å². The molecule has 0 radical (unpaired) electrons. The van der Waals surface area contributed by atoms with E-state index in [-0.39, 0.29) is 5.97 Å². The maximum atomic E-state index is 11.2. The molecule has 0 aromatic carbocycles. The van der Waals surface area contributed by atoms with E-state index in [2.05, 4.69) is 17.5 Å². The maximum absolute atomic E-state index is 11.2. The van der Waals surface area contributed by atoms with Gasteiger partial charge in [-0.15, -0.1) is 11.3 Å². The minimum atomic E-state index is -0.492. The van der Waals surface area contributed by atoms with Crippen LogP contribution in [0, 0.1) is 0 Å². The second-order valence-electron chi connectivity index (χ2n) is 3.26. The summed E-state index contributed by atoms with van der Waals surface area (Å²) < 4.78 is 4.83. The van der Waals surface area contributed by atoms with E-state index in [9.17, 15) is 4.79 Å². The zero-order valence-electron chi connectivity index (χ0n) is 9.35. The van der Waals surface area contributed by atoms with E-state index < -0.39 is 6.04 Å². The molecule has 2 N–H and O–H groups in total. The van der Waals surface area contributed by atoms with Gasteiger partial charge in [0, 0.05) is 10.6 Å². The highest BCUT2D eigenvalue weighted by Gasteiger charge is 2.13. The molecular formula is C11H17NO2S2. The molecule has 0 aliphatic rings. The zero-order valence-corrected chi connectivity index (χ0v) is 11.0. The maximum Gasteiger partial charge on any atom is 0.323 e. The van der Waals surface area contributed by atoms with Crippen molar-refractivity contribution in [1.82, 2.24) is 0 Å². The minimum Gasteiger partial charge on any atom is -0.465 e. The van der Waals surface area contributed by atoms with Crippen molar-refractivity contribution in [2.45, 2.75) is 19.4 Å². The molecule has 0 saturated heterocycles. The Hall–Kier alpha value is -0.520. The second kappa shape index (κ2) is 7.70. The van der Waals surface area contributed by atoms with Crippen molar-refractivity contribution in [3.8, 4) is 0 Å². The smallest absolute Gasteiger partial charge is 0.323 e. The molecule has 0 aliphatic carbocycles. The third-order valence-corrected chi connectivity index (χ3v) is 3.98. The summed E-state index contributed by atoms with van der Waals surface area (Å²) in [6.07, 6.45) is 1.04. The summed E-state index contributed by atoms with van der Waals surface area (Å²) in [6, 6.07) is 3.68. The van der Waals surface area contributed by atoms with Gasteiger partial charge >= 0.3 is 5.97 Å². The van der Waals surface area contributed by atoms with Gasteiger partial charge < -0.3 is 10.5 Å². The number of esters is 1. The normalized spacial score (nSPS) is 12.4. The van der Waals surface area contributed by atoms with Crippen LogP contribution in [0.15, 0.2) is 17.5 Å². The second-order valence-corrected chi connectivity index (χ2v) is 5.44. The standard InChI is InChI=1S/C11H17NO2S2/c1-2-14-11(13)10(12)8-15-7-5-9-4-3-6-16-9/h3-4,6,10H,2,5,7-8,12H2,1H3. The number of thioether (sulfide) groups is 1. The van der Waals surface area contributed by atoms with Crippen molar-refractivity contribution in [2.75, 3.05) is 18.1 Å². The molecule has 0 saturated carbocycles. The van der Waals surface area contributed by atoms with Crippen molar-refractivity contribution in [3.63, 3.8) is 0 Å². The lowest BCUT2D eigenvalue weighted by Crippen LogP contribution is -2.34. The summed E-state index contributed by atoms with van der Waals surface area (Å²) in [5.41, 5.74) is 5.67. The first-order valence-corrected chi connectivity index (χ1v) is 7.29. The first-order chi connectivity index (χ1) is 7.74. The Bertz CT molecular complexity index is 301. The SMILES string of the molecule is CCOC(=O)C(N)CSCCc1cccs1. The van der Waals surface area contributed by atoms with Gasteiger partial charge in [-0.2, -0.15) is 11.8 Å². The molecule has 1 rings (SSSR count). The molecule has 1 aromatic rings. The monoisotopic (exact) mass is 259 g/mol. The minimum absolute atomic E-state index is 0.300. The van der Waals surface area contributed by atoms with Gasteiger partial charge in [0.2, 0.25) is 0 Å². The van der Waals surface area contributed by atoms with Crippen LogP contribution in [0.4, 0.5) is 0 Å². The summed E-state index contributed by atoms with van der Waals surface area (Å²) in [7, 11) is 0. The van der Waals surface area contributed by atoms with E-state index in [0.29, 0.717) is 12.4 Å². The average molecular weight is 259 g/mol. The average Bonchev–Trinajstić information content (AvgIpc) is 2.77. The molecular weight excluding hydrogens is 242 g/mol. The molecule has 90 valence electrons. The first kappa shape index (κ1) is 13.5. The number of ether oxygens (including phenoxy) is 1. The van der Waals surface area contributed by atoms with Crippen molar-refractivity contribution < 1.29 is 9.53 Å². The van der Waals surface area contributed by atoms with Gasteiger partial charge in [0.15, 0.2) is 0 Å². The number of carbonyl (C=O) groups excluding carboxylic acids is 1. The van der Waals surface area contributed by atoms with E-state index in [0.717, 1.165) is 12.2 Å². The van der Waals surface area contributed by atoms with Crippen LogP contribution in [-0.4, -0.2) is 30.1 Å². The molecule has 1 atom stereocenters. The van der Waals surface area contributed by atoms with E-state index >= 15 is 0 Å². The largest absolute Gasteiger partial charge is 0.465 e. The Morgan fingerprint density at radius 3 is 3.12 bits per heavy atom. The fraction of sp³-hybridized carbons (Fsp3) is 0.545. The van der Waals surface area contributed by atoms with Crippen LogP contribution < -0.4 is 5.73 Å². The topological polar surface area (TPSA) is 52.3 Å². The lowest BCUT2D eigenvalue weighted by atomic mass is 10.4. The third-order valence-electron chi connectivity index (χ3n) is 1.96. The molecule has 5 heteroatoms. The third kappa shape index (κ3) is 5.01. The van der Waals surface area contributed by atoms with E-state index in [1.54, 1.807) is 30.0 Å². The zero-order chi connectivity index (χ0) is 11.8. The molecule has 1 unspecified atom stereocenters. The molecule has 0 bridgehead atoms. The van der Waals surface area contributed by atoms with Crippen molar-refractivity contribution in [2.24, 2.45) is 5.73 Å². The summed E-state index contributed by atoms with van der Waals surface area (Å²) >= 11 is 3.45. The van der Waals surface area contributed by atoms with E-state index in [1.807, 2.05) is 0 Å². The van der Waals surface area contributed by atoms with Crippen molar-refractivity contribution in [3.05, 3.63) is 22.4 Å². The summed E-state index contributed by atoms with van der Waals surface area (Å²) in [4.78, 5) is 12.6. The highest BCUT2D eigenvalue weighted by atomic mass is 32.2. The molecule has 1 aromatic heterocycles. The van der Waals surface area contributed by atoms with Crippen molar-refractivity contribution in [1.29, 1.82) is 0 Å². The lowest BCUT2D eigenvalue weighted by molar-refractivity contribution is -0.144. The predicted octanol–water partition coefficient (Wildman–Crippen LogP) is 1.91. The van der Waals surface area contributed by atoms with Crippen LogP contribution in [0.2, 0.25) is 0 Å². The summed E-state index contributed by atoms with van der Waals surface area (Å²) in [6.45, 7) is 2.18. The molecule has 1 heterocycles. The Morgan fingerprint density at radius 2 is 2.50 bits per heavy atom. The fourth-order valence-corrected chi connectivity index (χ4v) is 2.91. The van der Waals surface area contributed by atoms with Gasteiger partial charge in [-0.3, -0.25) is 4.79 Å². The van der Waals surface area contributed by atoms with Crippen LogP contribution in [0.25, 0.3) is 0 Å². The van der Waals surface area contributed by atoms with Crippen molar-refractivity contribution >= 4 is 29.1 Å². The van der Waals surface area contributed by atoms with Crippen LogP contribution in [0.3, 0.4) is 0 Å². The van der Waals surface area contributed by atoms with Crippen LogP contribution in [0.1, 0.15) is 11.8 Å². The number of rotatable bonds is 7. The number of aryl methyl sites for hydroxylation is 1. The molecule has 3 nitrogen and oxygen atoms in total. The Balaban J connectivity index is 2.08. The van der Waals surface area contributed by atoms with Gasteiger partial charge in [0.1, 0.15) is 6.04 Å². The lowest BCUT2D eigenvalue weighted by Gasteiger charge is -2.09. The molecule has 16 heavy (non-hydrogen) atoms. The molecule has 0 aliphatic heterocycles. The number of hydrogen-bond acceptors (Lipinski definition) is 5. The van der Waals surface area contributed by atoms with Gasteiger partial charge in [-0.1, -0.05) is 6.07 Å². The van der Waals surface area contributed by atoms with Crippen LogP contribution >= 0.6 is 23.1 Å².